The van der Waals surface area contributed by atoms with Gasteiger partial charge in [0, 0.05) is 30.5 Å². The summed E-state index contributed by atoms with van der Waals surface area (Å²) in [4.78, 5) is 28.4. The van der Waals surface area contributed by atoms with Gasteiger partial charge in [0.25, 0.3) is 0 Å². The number of anilines is 2. The number of benzene rings is 2. The van der Waals surface area contributed by atoms with E-state index in [0.717, 1.165) is 18.2 Å². The Balaban J connectivity index is 1.80. The minimum Gasteiger partial charge on any atom is -0.449 e. The first-order chi connectivity index (χ1) is 17.0. The molecule has 1 heterocycles. The summed E-state index contributed by atoms with van der Waals surface area (Å²) in [5.41, 5.74) is -1.51. The van der Waals surface area contributed by atoms with E-state index < -0.39 is 41.3 Å². The second kappa shape index (κ2) is 11.3. The average Bonchev–Trinajstić information content (AvgIpc) is 2.82. The van der Waals surface area contributed by atoms with Gasteiger partial charge in [-0.1, -0.05) is 19.9 Å². The van der Waals surface area contributed by atoms with Gasteiger partial charge in [0.1, 0.15) is 5.82 Å². The van der Waals surface area contributed by atoms with Gasteiger partial charge in [-0.05, 0) is 55.2 Å². The van der Waals surface area contributed by atoms with Crippen LogP contribution >= 0.6 is 0 Å². The molecule has 0 spiro atoms. The lowest BCUT2D eigenvalue weighted by Gasteiger charge is -2.38. The van der Waals surface area contributed by atoms with Crippen LogP contribution in [0.3, 0.4) is 0 Å². The lowest BCUT2D eigenvalue weighted by molar-refractivity contribution is -0.137. The molecule has 2 aromatic rings. The third kappa shape index (κ3) is 6.65. The Morgan fingerprint density at radius 1 is 1.19 bits per heavy atom. The number of rotatable bonds is 5. The van der Waals surface area contributed by atoms with Crippen molar-refractivity contribution < 1.29 is 31.9 Å². The van der Waals surface area contributed by atoms with Crippen LogP contribution in [-0.4, -0.2) is 42.8 Å². The average molecular weight is 507 g/mol. The Bertz CT molecular complexity index is 1140. The number of alkyl halides is 3. The van der Waals surface area contributed by atoms with E-state index in [0.29, 0.717) is 25.9 Å². The molecule has 1 saturated heterocycles. The smallest absolute Gasteiger partial charge is 0.417 e. The maximum Gasteiger partial charge on any atom is 0.417 e. The molecule has 0 radical (unpaired) electrons. The molecule has 1 fully saturated rings. The highest BCUT2D eigenvalue weighted by Gasteiger charge is 2.34. The maximum absolute atomic E-state index is 14.0. The molecule has 7 nitrogen and oxygen atoms in total. The fourth-order valence-corrected chi connectivity index (χ4v) is 3.90. The number of nitriles is 1. The van der Waals surface area contributed by atoms with Crippen molar-refractivity contribution in [2.24, 2.45) is 5.92 Å². The highest BCUT2D eigenvalue weighted by atomic mass is 19.4. The minimum absolute atomic E-state index is 0.0133. The number of carbonyl (C=O) groups excluding carboxylic acids is 2. The van der Waals surface area contributed by atoms with E-state index >= 15 is 0 Å². The van der Waals surface area contributed by atoms with Gasteiger partial charge in [-0.15, -0.1) is 0 Å². The largest absolute Gasteiger partial charge is 0.449 e. The zero-order valence-electron chi connectivity index (χ0n) is 19.8. The molecule has 3 amide bonds. The molecular formula is C25H26F4N4O3. The van der Waals surface area contributed by atoms with Gasteiger partial charge in [-0.2, -0.15) is 18.4 Å². The fourth-order valence-electron chi connectivity index (χ4n) is 3.90. The number of hydrogen-bond donors (Lipinski definition) is 1. The van der Waals surface area contributed by atoms with Gasteiger partial charge < -0.3 is 15.0 Å². The van der Waals surface area contributed by atoms with Gasteiger partial charge in [0.15, 0.2) is 0 Å². The number of nitrogens with one attached hydrogen (secondary N) is 1. The Labute approximate surface area is 206 Å². The summed E-state index contributed by atoms with van der Waals surface area (Å²) >= 11 is 0. The highest BCUT2D eigenvalue weighted by Crippen LogP contribution is 2.33. The first kappa shape index (κ1) is 26.8. The first-order valence-corrected chi connectivity index (χ1v) is 11.4. The van der Waals surface area contributed by atoms with E-state index in [-0.39, 0.29) is 23.9 Å². The van der Waals surface area contributed by atoms with Crippen molar-refractivity contribution in [2.45, 2.75) is 38.9 Å². The molecule has 0 atom stereocenters. The summed E-state index contributed by atoms with van der Waals surface area (Å²) in [6, 6.07) is 8.47. The molecule has 3 rings (SSSR count). The molecule has 0 bridgehead atoms. The molecule has 36 heavy (non-hydrogen) atoms. The summed E-state index contributed by atoms with van der Waals surface area (Å²) < 4.78 is 58.6. The van der Waals surface area contributed by atoms with Crippen molar-refractivity contribution in [1.82, 2.24) is 4.90 Å². The van der Waals surface area contributed by atoms with Gasteiger partial charge in [-0.3, -0.25) is 4.90 Å². The van der Waals surface area contributed by atoms with E-state index in [2.05, 4.69) is 5.32 Å². The lowest BCUT2D eigenvalue weighted by Crippen LogP contribution is -2.50. The molecule has 0 unspecified atom stereocenters. The van der Waals surface area contributed by atoms with Gasteiger partial charge >= 0.3 is 18.3 Å². The van der Waals surface area contributed by atoms with E-state index in [9.17, 15) is 27.2 Å². The molecule has 0 saturated carbocycles. The van der Waals surface area contributed by atoms with Crippen molar-refractivity contribution in [3.8, 4) is 6.07 Å². The van der Waals surface area contributed by atoms with Crippen molar-refractivity contribution in [3.63, 3.8) is 0 Å². The third-order valence-electron chi connectivity index (χ3n) is 5.63. The van der Waals surface area contributed by atoms with E-state index in [1.165, 1.54) is 34.1 Å². The predicted molar refractivity (Wildman–Crippen MR) is 125 cm³/mol. The molecule has 1 N–H and O–H groups in total. The van der Waals surface area contributed by atoms with Crippen molar-refractivity contribution in [3.05, 3.63) is 59.4 Å². The number of piperidine rings is 1. The Morgan fingerprint density at radius 2 is 1.89 bits per heavy atom. The number of nitrogens with zero attached hydrogens (tertiary/aromatic N) is 3. The van der Waals surface area contributed by atoms with Gasteiger partial charge in [0.05, 0.1) is 23.8 Å². The first-order valence-electron chi connectivity index (χ1n) is 11.4. The molecular weight excluding hydrogens is 480 g/mol. The number of halogens is 4. The zero-order valence-corrected chi connectivity index (χ0v) is 19.8. The summed E-state index contributed by atoms with van der Waals surface area (Å²) in [6.45, 7) is 4.74. The molecule has 2 aromatic carbocycles. The Kier molecular flexibility index (Phi) is 8.40. The normalized spacial score (nSPS) is 14.3. The second-order valence-electron chi connectivity index (χ2n) is 8.84. The van der Waals surface area contributed by atoms with Gasteiger partial charge in [0.2, 0.25) is 0 Å². The molecule has 0 aromatic heterocycles. The third-order valence-corrected chi connectivity index (χ3v) is 5.63. The van der Waals surface area contributed by atoms with Crippen LogP contribution in [0.5, 0.6) is 0 Å². The molecule has 0 aliphatic carbocycles. The SMILES string of the molecule is CC(C)COC(=O)N1CCC(N(C(=O)Nc2ccc(C(F)(F)F)c(C#N)c2)c2cccc(F)c2)CC1. The topological polar surface area (TPSA) is 85.7 Å². The van der Waals surface area contributed by atoms with Crippen LogP contribution in [0.2, 0.25) is 0 Å². The van der Waals surface area contributed by atoms with E-state index in [1.54, 1.807) is 6.07 Å². The zero-order chi connectivity index (χ0) is 26.5. The summed E-state index contributed by atoms with van der Waals surface area (Å²) in [5, 5.41) is 11.7. The molecule has 1 aliphatic rings. The molecule has 11 heteroatoms. The van der Waals surface area contributed by atoms with Crippen LogP contribution in [0.4, 0.5) is 38.5 Å². The molecule has 1 aliphatic heterocycles. The van der Waals surface area contributed by atoms with Crippen molar-refractivity contribution in [2.75, 3.05) is 29.9 Å². The standard InChI is InChI=1S/C25H26F4N4O3/c1-16(2)15-36-24(35)32-10-8-20(9-11-32)33(21-5-3-4-18(26)13-21)23(34)31-19-6-7-22(25(27,28)29)17(12-19)14-30/h3-7,12-13,16,20H,8-11,15H2,1-2H3,(H,31,34). The maximum atomic E-state index is 14.0. The number of hydrogen-bond acceptors (Lipinski definition) is 4. The number of amides is 3. The number of urea groups is 1. The van der Waals surface area contributed by atoms with Gasteiger partial charge in [-0.25, -0.2) is 14.0 Å². The van der Waals surface area contributed by atoms with Crippen LogP contribution in [0.15, 0.2) is 42.5 Å². The molecule has 192 valence electrons. The second-order valence-corrected chi connectivity index (χ2v) is 8.84. The lowest BCUT2D eigenvalue weighted by atomic mass is 10.0. The summed E-state index contributed by atoms with van der Waals surface area (Å²) in [7, 11) is 0. The summed E-state index contributed by atoms with van der Waals surface area (Å²) in [5.74, 6) is -0.383. The van der Waals surface area contributed by atoms with Crippen LogP contribution in [0, 0.1) is 23.1 Å². The minimum atomic E-state index is -4.72. The number of ether oxygens (including phenoxy) is 1. The van der Waals surface area contributed by atoms with Crippen LogP contribution in [0.25, 0.3) is 0 Å². The Morgan fingerprint density at radius 3 is 2.47 bits per heavy atom. The van der Waals surface area contributed by atoms with Crippen LogP contribution < -0.4 is 10.2 Å². The predicted octanol–water partition coefficient (Wildman–Crippen LogP) is 6.01. The fraction of sp³-hybridized carbons (Fsp3) is 0.400. The van der Waals surface area contributed by atoms with Crippen LogP contribution in [-0.2, 0) is 10.9 Å². The highest BCUT2D eigenvalue weighted by molar-refractivity contribution is 6.02. The van der Waals surface area contributed by atoms with Crippen molar-refractivity contribution in [1.29, 1.82) is 5.26 Å². The van der Waals surface area contributed by atoms with Crippen LogP contribution in [0.1, 0.15) is 37.8 Å². The Hall–Kier alpha value is -3.81. The van der Waals surface area contributed by atoms with E-state index in [4.69, 9.17) is 10.00 Å². The van der Waals surface area contributed by atoms with Crippen molar-refractivity contribution >= 4 is 23.5 Å². The number of likely N-dealkylation sites (tertiary alicyclic amines) is 1. The van der Waals surface area contributed by atoms with E-state index in [1.807, 2.05) is 13.8 Å². The summed E-state index contributed by atoms with van der Waals surface area (Å²) in [6.07, 6.45) is -4.42. The quantitative estimate of drug-likeness (QED) is 0.503. The monoisotopic (exact) mass is 506 g/mol. The number of carbonyl (C=O) groups is 2.